The first-order valence-electron chi connectivity index (χ1n) is 10.1. The van der Waals surface area contributed by atoms with Crippen molar-refractivity contribution >= 4 is 27.7 Å². The van der Waals surface area contributed by atoms with Gasteiger partial charge in [0.1, 0.15) is 0 Å². The first-order valence-corrected chi connectivity index (χ1v) is 10.1. The molecule has 2 aromatic heterocycles. The van der Waals surface area contributed by atoms with Gasteiger partial charge >= 0.3 is 0 Å². The van der Waals surface area contributed by atoms with Gasteiger partial charge in [0.25, 0.3) is 5.56 Å². The molecule has 2 aromatic carbocycles. The number of aryl methyl sites for hydroxylation is 1. The minimum atomic E-state index is -0.294. The second-order valence-corrected chi connectivity index (χ2v) is 7.36. The quantitative estimate of drug-likeness (QED) is 0.326. The van der Waals surface area contributed by atoms with E-state index in [0.717, 1.165) is 16.7 Å². The van der Waals surface area contributed by atoms with Crippen molar-refractivity contribution in [3.05, 3.63) is 93.6 Å². The summed E-state index contributed by atoms with van der Waals surface area (Å²) in [5.41, 5.74) is 17.0. The van der Waals surface area contributed by atoms with Crippen molar-refractivity contribution < 1.29 is 0 Å². The average molecular weight is 438 g/mol. The molecule has 0 aliphatic carbocycles. The number of fused-ring (bicyclic) bond motifs is 1. The van der Waals surface area contributed by atoms with Gasteiger partial charge in [-0.3, -0.25) is 14.5 Å². The van der Waals surface area contributed by atoms with E-state index in [1.807, 2.05) is 37.5 Å². The lowest BCUT2D eigenvalue weighted by Crippen LogP contribution is -2.14. The molecule has 33 heavy (non-hydrogen) atoms. The number of benzene rings is 2. The maximum absolute atomic E-state index is 12.2. The van der Waals surface area contributed by atoms with Gasteiger partial charge in [-0.05, 0) is 29.3 Å². The molecule has 0 saturated heterocycles. The monoisotopic (exact) mass is 438 g/mol. The second kappa shape index (κ2) is 8.90. The predicted octanol–water partition coefficient (Wildman–Crippen LogP) is 2.75. The number of aromatic nitrogens is 4. The lowest BCUT2D eigenvalue weighted by Gasteiger charge is -2.14. The van der Waals surface area contributed by atoms with Gasteiger partial charge in [-0.25, -0.2) is 9.94 Å². The number of allylic oxidation sites excluding steroid dienone is 1. The number of nitrogens with two attached hydrogens (primary N) is 2. The third-order valence-corrected chi connectivity index (χ3v) is 5.43. The molecule has 4 rings (SSSR count). The summed E-state index contributed by atoms with van der Waals surface area (Å²) in [6.07, 6.45) is 5.10. The summed E-state index contributed by atoms with van der Waals surface area (Å²) in [7, 11) is 3.50. The Morgan fingerprint density at radius 3 is 2.70 bits per heavy atom. The van der Waals surface area contributed by atoms with Gasteiger partial charge in [0.2, 0.25) is 0 Å². The summed E-state index contributed by atoms with van der Waals surface area (Å²) >= 11 is 0. The molecular formula is C24H22N8O. The highest BCUT2D eigenvalue weighted by Crippen LogP contribution is 2.32. The van der Waals surface area contributed by atoms with Crippen LogP contribution in [0, 0.1) is 6.57 Å². The molecule has 0 aliphatic rings. The van der Waals surface area contributed by atoms with Crippen molar-refractivity contribution in [2.24, 2.45) is 23.5 Å². The van der Waals surface area contributed by atoms with Crippen LogP contribution in [0.3, 0.4) is 0 Å². The predicted molar refractivity (Wildman–Crippen MR) is 130 cm³/mol. The molecule has 2 heterocycles. The molecule has 0 bridgehead atoms. The molecule has 0 fully saturated rings. The number of hydrogen-bond acceptors (Lipinski definition) is 6. The zero-order chi connectivity index (χ0) is 23.5. The molecule has 4 aromatic rings. The molecule has 5 N–H and O–H groups in total. The fourth-order valence-electron chi connectivity index (χ4n) is 3.81. The Bertz CT molecular complexity index is 1520. The lowest BCUT2D eigenvalue weighted by atomic mass is 9.92. The van der Waals surface area contributed by atoms with Crippen LogP contribution in [0.25, 0.3) is 32.3 Å². The molecule has 0 spiro atoms. The van der Waals surface area contributed by atoms with Crippen LogP contribution in [-0.2, 0) is 13.6 Å². The van der Waals surface area contributed by atoms with Gasteiger partial charge < -0.3 is 11.5 Å². The molecule has 0 saturated carbocycles. The van der Waals surface area contributed by atoms with E-state index in [0.29, 0.717) is 39.0 Å². The van der Waals surface area contributed by atoms with Gasteiger partial charge in [-0.2, -0.15) is 10.2 Å². The van der Waals surface area contributed by atoms with E-state index in [1.165, 1.54) is 6.20 Å². The Kier molecular flexibility index (Phi) is 5.85. The minimum Gasteiger partial charge on any atom is -0.404 e. The normalized spacial score (nSPS) is 12.2. The maximum Gasteiger partial charge on any atom is 0.272 e. The van der Waals surface area contributed by atoms with Crippen LogP contribution in [0.4, 0.5) is 5.69 Å². The van der Waals surface area contributed by atoms with Crippen molar-refractivity contribution in [1.29, 1.82) is 0 Å². The number of aliphatic imine (C=N–C) groups is 1. The number of rotatable bonds is 5. The summed E-state index contributed by atoms with van der Waals surface area (Å²) in [5.74, 6) is 0. The number of aromatic amines is 1. The van der Waals surface area contributed by atoms with Crippen molar-refractivity contribution in [3.8, 4) is 11.1 Å². The van der Waals surface area contributed by atoms with Crippen LogP contribution >= 0.6 is 0 Å². The van der Waals surface area contributed by atoms with Crippen LogP contribution < -0.4 is 17.0 Å². The highest BCUT2D eigenvalue weighted by Gasteiger charge is 2.18. The van der Waals surface area contributed by atoms with Crippen molar-refractivity contribution in [1.82, 2.24) is 20.0 Å². The largest absolute Gasteiger partial charge is 0.404 e. The van der Waals surface area contributed by atoms with E-state index in [4.69, 9.17) is 18.0 Å². The Morgan fingerprint density at radius 1 is 1.24 bits per heavy atom. The third-order valence-electron chi connectivity index (χ3n) is 5.43. The van der Waals surface area contributed by atoms with Gasteiger partial charge in [0, 0.05) is 55.1 Å². The molecule has 9 heteroatoms. The van der Waals surface area contributed by atoms with Crippen LogP contribution in [-0.4, -0.2) is 32.7 Å². The van der Waals surface area contributed by atoms with Crippen molar-refractivity contribution in [2.45, 2.75) is 6.54 Å². The molecule has 0 amide bonds. The molecule has 0 unspecified atom stereocenters. The van der Waals surface area contributed by atoms with Crippen molar-refractivity contribution in [3.63, 3.8) is 0 Å². The van der Waals surface area contributed by atoms with E-state index >= 15 is 0 Å². The van der Waals surface area contributed by atoms with Crippen LogP contribution in [0.15, 0.2) is 64.8 Å². The number of hydrogen-bond donors (Lipinski definition) is 3. The molecule has 0 atom stereocenters. The van der Waals surface area contributed by atoms with Crippen LogP contribution in [0.2, 0.25) is 0 Å². The smallest absolute Gasteiger partial charge is 0.272 e. The summed E-state index contributed by atoms with van der Waals surface area (Å²) in [6, 6.07) is 10.9. The first kappa shape index (κ1) is 21.7. The summed E-state index contributed by atoms with van der Waals surface area (Å²) in [4.78, 5) is 20.4. The molecule has 164 valence electrons. The standard InChI is InChI=1S/C24H22N8O/c1-27-21-9-14(16-12-29-32(3)13-16)4-7-18(21)23(28-2)20(10-25)15-5-6-17-19(8-15)22(11-26)30-31-24(17)33/h4-10,12-13H,11,25-26H2,2-3H3,(H,31,33)/b20-10-,28-23?. The summed E-state index contributed by atoms with van der Waals surface area (Å²) in [6.45, 7) is 7.91. The molecule has 9 nitrogen and oxygen atoms in total. The Labute approximate surface area is 189 Å². The van der Waals surface area contributed by atoms with E-state index < -0.39 is 0 Å². The van der Waals surface area contributed by atoms with Crippen LogP contribution in [0.1, 0.15) is 16.8 Å². The van der Waals surface area contributed by atoms with E-state index in [2.05, 4.69) is 25.1 Å². The topological polar surface area (TPSA) is 132 Å². The lowest BCUT2D eigenvalue weighted by molar-refractivity contribution is 0.768. The van der Waals surface area contributed by atoms with Gasteiger partial charge in [0.05, 0.1) is 29.6 Å². The van der Waals surface area contributed by atoms with E-state index in [9.17, 15) is 4.79 Å². The minimum absolute atomic E-state index is 0.171. The Hall–Kier alpha value is -4.55. The van der Waals surface area contributed by atoms with Gasteiger partial charge in [-0.15, -0.1) is 0 Å². The van der Waals surface area contributed by atoms with Crippen LogP contribution in [0.5, 0.6) is 0 Å². The highest BCUT2D eigenvalue weighted by atomic mass is 16.1. The first-order chi connectivity index (χ1) is 16.0. The maximum atomic E-state index is 12.2. The van der Waals surface area contributed by atoms with Crippen molar-refractivity contribution in [2.75, 3.05) is 7.05 Å². The van der Waals surface area contributed by atoms with E-state index in [-0.39, 0.29) is 12.1 Å². The SMILES string of the molecule is [C-]#[N+]c1cc(-c2cnn(C)c2)ccc1C(=NC)/C(=C\N)c1ccc2c(=O)[nH]nc(CN)c2c1. The number of nitrogens with zero attached hydrogens (tertiary/aromatic N) is 5. The Balaban J connectivity index is 1.83. The summed E-state index contributed by atoms with van der Waals surface area (Å²) in [5, 5.41) is 11.8. The second-order valence-electron chi connectivity index (χ2n) is 7.36. The average Bonchev–Trinajstić information content (AvgIpc) is 3.28. The highest BCUT2D eigenvalue weighted by molar-refractivity contribution is 6.33. The fraction of sp³-hybridized carbons (Fsp3) is 0.125. The number of H-pyrrole nitrogens is 1. The van der Waals surface area contributed by atoms with E-state index in [1.54, 1.807) is 30.1 Å². The van der Waals surface area contributed by atoms with Gasteiger partial charge in [-0.1, -0.05) is 18.2 Å². The number of nitrogens with one attached hydrogen (secondary N) is 1. The zero-order valence-electron chi connectivity index (χ0n) is 18.2. The summed E-state index contributed by atoms with van der Waals surface area (Å²) < 4.78 is 1.71. The Morgan fingerprint density at radius 2 is 2.06 bits per heavy atom. The third kappa shape index (κ3) is 3.91. The molecule has 0 radical (unpaired) electrons. The molecule has 0 aliphatic heterocycles. The molecular weight excluding hydrogens is 416 g/mol. The zero-order valence-corrected chi connectivity index (χ0v) is 18.2. The fourth-order valence-corrected chi connectivity index (χ4v) is 3.81. The van der Waals surface area contributed by atoms with Gasteiger partial charge in [0.15, 0.2) is 5.69 Å².